The minimum atomic E-state index is -0.299. The van der Waals surface area contributed by atoms with Gasteiger partial charge in [-0.1, -0.05) is 36.4 Å². The molecule has 2 N–H and O–H groups in total. The number of benzene rings is 1. The number of hydrogen-bond acceptors (Lipinski definition) is 3. The van der Waals surface area contributed by atoms with Gasteiger partial charge < -0.3 is 10.2 Å². The van der Waals surface area contributed by atoms with E-state index in [1.54, 1.807) is 6.07 Å². The van der Waals surface area contributed by atoms with Crippen molar-refractivity contribution in [2.45, 2.75) is 19.9 Å². The molecule has 3 rings (SSSR count). The molecule has 0 unspecified atom stereocenters. The number of anilines is 1. The summed E-state index contributed by atoms with van der Waals surface area (Å²) < 4.78 is 0. The van der Waals surface area contributed by atoms with E-state index < -0.39 is 0 Å². The van der Waals surface area contributed by atoms with Crippen molar-refractivity contribution < 1.29 is 9.59 Å². The Balaban J connectivity index is 1.46. The maximum Gasteiger partial charge on any atom is 0.320 e. The Morgan fingerprint density at radius 2 is 2.00 bits per heavy atom. The fraction of sp³-hybridized carbons (Fsp3) is 0.316. The smallest absolute Gasteiger partial charge is 0.320 e. The monoisotopic (exact) mass is 338 g/mol. The number of pyridine rings is 1. The summed E-state index contributed by atoms with van der Waals surface area (Å²) in [6, 6.07) is 15.1. The van der Waals surface area contributed by atoms with E-state index in [9.17, 15) is 9.59 Å². The molecule has 1 aromatic heterocycles. The maximum absolute atomic E-state index is 12.1. The van der Waals surface area contributed by atoms with E-state index in [-0.39, 0.29) is 17.9 Å². The molecule has 1 aliphatic heterocycles. The van der Waals surface area contributed by atoms with Crippen LogP contribution in [-0.4, -0.2) is 34.9 Å². The predicted molar refractivity (Wildman–Crippen MR) is 96.0 cm³/mol. The molecule has 0 radical (unpaired) electrons. The summed E-state index contributed by atoms with van der Waals surface area (Å²) in [4.78, 5) is 30.2. The van der Waals surface area contributed by atoms with Crippen LogP contribution in [0.3, 0.4) is 0 Å². The van der Waals surface area contributed by atoms with Crippen LogP contribution >= 0.6 is 0 Å². The number of rotatable bonds is 5. The van der Waals surface area contributed by atoms with Gasteiger partial charge in [0.25, 0.3) is 0 Å². The van der Waals surface area contributed by atoms with Crippen molar-refractivity contribution in [1.82, 2.24) is 15.2 Å². The van der Waals surface area contributed by atoms with Crippen molar-refractivity contribution >= 4 is 17.8 Å². The standard InChI is InChI=1S/C19H22N4O2/c1-14-6-5-9-17(21-14)22-19(25)20-11-16-10-18(24)23(13-16)12-15-7-3-2-4-8-15/h2-9,16H,10-13H2,1H3,(H2,20,21,22,25)/t16-/m1/s1. The number of aryl methyl sites for hydroxylation is 1. The summed E-state index contributed by atoms with van der Waals surface area (Å²) in [5, 5.41) is 5.54. The van der Waals surface area contributed by atoms with E-state index in [0.717, 1.165) is 11.3 Å². The molecule has 130 valence electrons. The number of amides is 3. The molecule has 1 fully saturated rings. The zero-order valence-electron chi connectivity index (χ0n) is 14.2. The van der Waals surface area contributed by atoms with E-state index in [1.165, 1.54) is 0 Å². The fourth-order valence-corrected chi connectivity index (χ4v) is 2.96. The van der Waals surface area contributed by atoms with Gasteiger partial charge in [0, 0.05) is 37.7 Å². The van der Waals surface area contributed by atoms with Crippen LogP contribution in [0.4, 0.5) is 10.6 Å². The maximum atomic E-state index is 12.1. The molecule has 1 aliphatic rings. The highest BCUT2D eigenvalue weighted by Crippen LogP contribution is 2.19. The van der Waals surface area contributed by atoms with Crippen molar-refractivity contribution in [1.29, 1.82) is 0 Å². The summed E-state index contributed by atoms with van der Waals surface area (Å²) >= 11 is 0. The number of urea groups is 1. The molecule has 3 amide bonds. The molecular weight excluding hydrogens is 316 g/mol. The van der Waals surface area contributed by atoms with Gasteiger partial charge in [0.2, 0.25) is 5.91 Å². The first kappa shape index (κ1) is 17.0. The van der Waals surface area contributed by atoms with Crippen molar-refractivity contribution in [3.8, 4) is 0 Å². The van der Waals surface area contributed by atoms with Gasteiger partial charge in [-0.15, -0.1) is 0 Å². The van der Waals surface area contributed by atoms with Crippen LogP contribution in [0.15, 0.2) is 48.5 Å². The summed E-state index contributed by atoms with van der Waals surface area (Å²) in [5.41, 5.74) is 1.96. The lowest BCUT2D eigenvalue weighted by Crippen LogP contribution is -2.34. The molecule has 0 spiro atoms. The minimum absolute atomic E-state index is 0.132. The average molecular weight is 338 g/mol. The molecule has 0 saturated carbocycles. The third-order valence-electron chi connectivity index (χ3n) is 4.19. The molecular formula is C19H22N4O2. The molecule has 0 bridgehead atoms. The van der Waals surface area contributed by atoms with E-state index in [2.05, 4.69) is 15.6 Å². The second kappa shape index (κ2) is 7.79. The third-order valence-corrected chi connectivity index (χ3v) is 4.19. The molecule has 1 atom stereocenters. The predicted octanol–water partition coefficient (Wildman–Crippen LogP) is 2.56. The first-order valence-corrected chi connectivity index (χ1v) is 8.40. The van der Waals surface area contributed by atoms with E-state index in [4.69, 9.17) is 0 Å². The lowest BCUT2D eigenvalue weighted by molar-refractivity contribution is -0.128. The largest absolute Gasteiger partial charge is 0.338 e. The molecule has 6 heteroatoms. The van der Waals surface area contributed by atoms with Gasteiger partial charge in [0.15, 0.2) is 0 Å². The number of hydrogen-bond donors (Lipinski definition) is 2. The summed E-state index contributed by atoms with van der Waals surface area (Å²) in [5.74, 6) is 0.787. The van der Waals surface area contributed by atoms with Crippen LogP contribution in [0, 0.1) is 12.8 Å². The van der Waals surface area contributed by atoms with Crippen LogP contribution in [-0.2, 0) is 11.3 Å². The molecule has 6 nitrogen and oxygen atoms in total. The summed E-state index contributed by atoms with van der Waals surface area (Å²) in [7, 11) is 0. The lowest BCUT2D eigenvalue weighted by atomic mass is 10.1. The van der Waals surface area contributed by atoms with Crippen LogP contribution in [0.2, 0.25) is 0 Å². The third kappa shape index (κ3) is 4.79. The first-order valence-electron chi connectivity index (χ1n) is 8.40. The van der Waals surface area contributed by atoms with Crippen molar-refractivity contribution in [2.75, 3.05) is 18.4 Å². The highest BCUT2D eigenvalue weighted by molar-refractivity contribution is 5.88. The number of likely N-dealkylation sites (tertiary alicyclic amines) is 1. The molecule has 1 aromatic carbocycles. The highest BCUT2D eigenvalue weighted by Gasteiger charge is 2.29. The Morgan fingerprint density at radius 1 is 1.20 bits per heavy atom. The van der Waals surface area contributed by atoms with Gasteiger partial charge in [-0.25, -0.2) is 9.78 Å². The second-order valence-electron chi connectivity index (χ2n) is 6.33. The zero-order valence-corrected chi connectivity index (χ0v) is 14.2. The number of nitrogens with zero attached hydrogens (tertiary/aromatic N) is 2. The molecule has 2 heterocycles. The van der Waals surface area contributed by atoms with Gasteiger partial charge in [0.1, 0.15) is 5.82 Å². The average Bonchev–Trinajstić information content (AvgIpc) is 2.94. The minimum Gasteiger partial charge on any atom is -0.338 e. The van der Waals surface area contributed by atoms with Gasteiger partial charge in [-0.05, 0) is 24.6 Å². The summed E-state index contributed by atoms with van der Waals surface area (Å²) in [6.07, 6.45) is 0.468. The summed E-state index contributed by atoms with van der Waals surface area (Å²) in [6.45, 7) is 3.62. The normalized spacial score (nSPS) is 16.8. The topological polar surface area (TPSA) is 74.3 Å². The van der Waals surface area contributed by atoms with E-state index >= 15 is 0 Å². The lowest BCUT2D eigenvalue weighted by Gasteiger charge is -2.17. The number of carbonyl (C=O) groups is 2. The fourth-order valence-electron chi connectivity index (χ4n) is 2.96. The molecule has 25 heavy (non-hydrogen) atoms. The SMILES string of the molecule is Cc1cccc(NC(=O)NC[C@H]2CC(=O)N(Cc3ccccc3)C2)n1. The Morgan fingerprint density at radius 3 is 2.76 bits per heavy atom. The molecule has 1 saturated heterocycles. The van der Waals surface area contributed by atoms with E-state index in [0.29, 0.717) is 31.9 Å². The number of carbonyl (C=O) groups excluding carboxylic acids is 2. The second-order valence-corrected chi connectivity index (χ2v) is 6.33. The van der Waals surface area contributed by atoms with Crippen LogP contribution in [0.5, 0.6) is 0 Å². The van der Waals surface area contributed by atoms with Gasteiger partial charge in [-0.3, -0.25) is 10.1 Å². The van der Waals surface area contributed by atoms with Crippen LogP contribution in [0.25, 0.3) is 0 Å². The number of nitrogens with one attached hydrogen (secondary N) is 2. The highest BCUT2D eigenvalue weighted by atomic mass is 16.2. The Labute approximate surface area is 147 Å². The van der Waals surface area contributed by atoms with Crippen LogP contribution < -0.4 is 10.6 Å². The van der Waals surface area contributed by atoms with Crippen LogP contribution in [0.1, 0.15) is 17.7 Å². The Bertz CT molecular complexity index is 748. The van der Waals surface area contributed by atoms with Gasteiger partial charge >= 0.3 is 6.03 Å². The van der Waals surface area contributed by atoms with Crippen molar-refractivity contribution in [3.05, 3.63) is 59.8 Å². The molecule has 0 aliphatic carbocycles. The number of aromatic nitrogens is 1. The molecule has 2 aromatic rings. The Hall–Kier alpha value is -2.89. The zero-order chi connectivity index (χ0) is 17.6. The van der Waals surface area contributed by atoms with Crippen molar-refractivity contribution in [2.24, 2.45) is 5.92 Å². The van der Waals surface area contributed by atoms with Gasteiger partial charge in [-0.2, -0.15) is 0 Å². The van der Waals surface area contributed by atoms with E-state index in [1.807, 2.05) is 54.3 Å². The quantitative estimate of drug-likeness (QED) is 0.880. The first-order chi connectivity index (χ1) is 12.1. The Kier molecular flexibility index (Phi) is 5.28. The van der Waals surface area contributed by atoms with Gasteiger partial charge in [0.05, 0.1) is 0 Å². The van der Waals surface area contributed by atoms with Crippen molar-refractivity contribution in [3.63, 3.8) is 0 Å².